The molecule has 0 N–H and O–H groups in total. The molecule has 0 amide bonds. The Bertz CT molecular complexity index is 150. The van der Waals surface area contributed by atoms with Gasteiger partial charge in [0.15, 0.2) is 0 Å². The molecular weight excluding hydrogens is 153 g/mol. The van der Waals surface area contributed by atoms with E-state index in [4.69, 9.17) is 0 Å². The molecule has 0 aromatic rings. The Morgan fingerprint density at radius 3 is 2.25 bits per heavy atom. The third-order valence-corrected chi connectivity index (χ3v) is 2.42. The van der Waals surface area contributed by atoms with Crippen LogP contribution < -0.4 is 0 Å². The third-order valence-electron chi connectivity index (χ3n) is 2.42. The Labute approximate surface area is 74.9 Å². The molecule has 1 nitrogen and oxygen atoms in total. The quantitative estimate of drug-likeness (QED) is 0.588. The van der Waals surface area contributed by atoms with Crippen molar-refractivity contribution in [2.45, 2.75) is 33.4 Å². The highest BCUT2D eigenvalue weighted by atomic mass is 19.1. The highest BCUT2D eigenvalue weighted by molar-refractivity contribution is 4.84. The fraction of sp³-hybridized carbons (Fsp3) is 1.00. The van der Waals surface area contributed by atoms with Crippen molar-refractivity contribution in [2.75, 3.05) is 20.1 Å². The van der Waals surface area contributed by atoms with E-state index in [1.165, 1.54) is 0 Å². The third kappa shape index (κ3) is 2.74. The topological polar surface area (TPSA) is 3.24 Å². The molecule has 0 aromatic carbocycles. The molecule has 72 valence electrons. The number of halogens is 1. The Balaban J connectivity index is 2.43. The van der Waals surface area contributed by atoms with Gasteiger partial charge in [-0.05, 0) is 18.9 Å². The van der Waals surface area contributed by atoms with Crippen molar-refractivity contribution in [3.8, 4) is 0 Å². The van der Waals surface area contributed by atoms with Gasteiger partial charge in [-0.1, -0.05) is 20.8 Å². The van der Waals surface area contributed by atoms with Crippen LogP contribution in [-0.2, 0) is 0 Å². The predicted octanol–water partition coefficient (Wildman–Crippen LogP) is 2.32. The first-order chi connectivity index (χ1) is 5.38. The molecule has 1 rings (SSSR count). The van der Waals surface area contributed by atoms with Gasteiger partial charge in [-0.2, -0.15) is 0 Å². The molecule has 1 aliphatic rings. The molecule has 0 saturated carbocycles. The van der Waals surface area contributed by atoms with Gasteiger partial charge in [0, 0.05) is 19.0 Å². The second-order valence-electron chi connectivity index (χ2n) is 5.26. The average molecular weight is 173 g/mol. The Hall–Kier alpha value is -0.110. The van der Waals surface area contributed by atoms with Gasteiger partial charge in [-0.15, -0.1) is 0 Å². The van der Waals surface area contributed by atoms with E-state index in [9.17, 15) is 4.39 Å². The molecule has 2 atom stereocenters. The molecule has 0 spiro atoms. The van der Waals surface area contributed by atoms with Crippen LogP contribution in [0.15, 0.2) is 0 Å². The largest absolute Gasteiger partial charge is 0.303 e. The summed E-state index contributed by atoms with van der Waals surface area (Å²) in [5, 5.41) is 0. The fourth-order valence-electron chi connectivity index (χ4n) is 2.02. The van der Waals surface area contributed by atoms with Crippen molar-refractivity contribution in [1.29, 1.82) is 0 Å². The minimum atomic E-state index is -0.603. The first-order valence-electron chi connectivity index (χ1n) is 4.71. The Morgan fingerprint density at radius 2 is 1.92 bits per heavy atom. The molecule has 0 radical (unpaired) electrons. The molecular formula is C10H20FN. The molecule has 1 heterocycles. The van der Waals surface area contributed by atoms with Crippen LogP contribution >= 0.6 is 0 Å². The SMILES string of the molecule is CN1C[C@@H](CC(C)(C)C)[C@@H](F)C1. The van der Waals surface area contributed by atoms with Gasteiger partial charge in [0.25, 0.3) is 0 Å². The molecule has 1 saturated heterocycles. The maximum absolute atomic E-state index is 13.3. The molecule has 1 aliphatic heterocycles. The van der Waals surface area contributed by atoms with E-state index in [1.807, 2.05) is 7.05 Å². The van der Waals surface area contributed by atoms with Gasteiger partial charge < -0.3 is 4.90 Å². The lowest BCUT2D eigenvalue weighted by atomic mass is 9.84. The lowest BCUT2D eigenvalue weighted by Crippen LogP contribution is -2.20. The number of hydrogen-bond donors (Lipinski definition) is 0. The van der Waals surface area contributed by atoms with Crippen molar-refractivity contribution in [3.63, 3.8) is 0 Å². The predicted molar refractivity (Wildman–Crippen MR) is 50.0 cm³/mol. The number of likely N-dealkylation sites (tertiary alicyclic amines) is 1. The zero-order chi connectivity index (χ0) is 9.35. The lowest BCUT2D eigenvalue weighted by molar-refractivity contribution is 0.213. The van der Waals surface area contributed by atoms with Crippen molar-refractivity contribution < 1.29 is 4.39 Å². The van der Waals surface area contributed by atoms with Crippen LogP contribution in [-0.4, -0.2) is 31.2 Å². The van der Waals surface area contributed by atoms with Gasteiger partial charge >= 0.3 is 0 Å². The summed E-state index contributed by atoms with van der Waals surface area (Å²) in [4.78, 5) is 2.08. The van der Waals surface area contributed by atoms with E-state index in [2.05, 4.69) is 25.7 Å². The van der Waals surface area contributed by atoms with Gasteiger partial charge in [0.1, 0.15) is 6.17 Å². The normalized spacial score (nSPS) is 32.8. The molecule has 0 unspecified atom stereocenters. The maximum atomic E-state index is 13.3. The van der Waals surface area contributed by atoms with Gasteiger partial charge in [-0.25, -0.2) is 4.39 Å². The summed E-state index contributed by atoms with van der Waals surface area (Å²) < 4.78 is 13.3. The monoisotopic (exact) mass is 173 g/mol. The Kier molecular flexibility index (Phi) is 2.77. The number of nitrogens with zero attached hydrogens (tertiary/aromatic N) is 1. The van der Waals surface area contributed by atoms with Crippen LogP contribution in [0.3, 0.4) is 0 Å². The minimum Gasteiger partial charge on any atom is -0.303 e. The summed E-state index contributed by atoms with van der Waals surface area (Å²) in [6.07, 6.45) is 0.396. The minimum absolute atomic E-state index is 0.259. The molecule has 1 fully saturated rings. The lowest BCUT2D eigenvalue weighted by Gasteiger charge is -2.23. The molecule has 0 aliphatic carbocycles. The smallest absolute Gasteiger partial charge is 0.117 e. The van der Waals surface area contributed by atoms with Gasteiger partial charge in [0.05, 0.1) is 0 Å². The van der Waals surface area contributed by atoms with Crippen LogP contribution in [0.2, 0.25) is 0 Å². The molecule has 0 bridgehead atoms. The zero-order valence-corrected chi connectivity index (χ0v) is 8.60. The van der Waals surface area contributed by atoms with E-state index in [1.54, 1.807) is 0 Å². The van der Waals surface area contributed by atoms with Crippen LogP contribution in [0.4, 0.5) is 4.39 Å². The standard InChI is InChI=1S/C10H20FN/c1-10(2,3)5-8-6-12(4)7-9(8)11/h8-9H,5-7H2,1-4H3/t8-,9+/m1/s1. The average Bonchev–Trinajstić information content (AvgIpc) is 2.06. The summed E-state index contributed by atoms with van der Waals surface area (Å²) in [5.74, 6) is 0.259. The zero-order valence-electron chi connectivity index (χ0n) is 8.60. The van der Waals surface area contributed by atoms with Crippen LogP contribution in [0.25, 0.3) is 0 Å². The first-order valence-corrected chi connectivity index (χ1v) is 4.71. The summed E-state index contributed by atoms with van der Waals surface area (Å²) >= 11 is 0. The number of rotatable bonds is 1. The van der Waals surface area contributed by atoms with E-state index in [0.29, 0.717) is 6.54 Å². The molecule has 2 heteroatoms. The van der Waals surface area contributed by atoms with Gasteiger partial charge in [-0.3, -0.25) is 0 Å². The van der Waals surface area contributed by atoms with E-state index in [-0.39, 0.29) is 11.3 Å². The summed E-state index contributed by atoms with van der Waals surface area (Å²) in [5.41, 5.74) is 0.264. The molecule has 12 heavy (non-hydrogen) atoms. The van der Waals surface area contributed by atoms with Crippen molar-refractivity contribution in [2.24, 2.45) is 11.3 Å². The summed E-state index contributed by atoms with van der Waals surface area (Å²) in [6, 6.07) is 0. The van der Waals surface area contributed by atoms with Crippen LogP contribution in [0.1, 0.15) is 27.2 Å². The highest BCUT2D eigenvalue weighted by Gasteiger charge is 2.33. The number of hydrogen-bond acceptors (Lipinski definition) is 1. The van der Waals surface area contributed by atoms with Crippen molar-refractivity contribution >= 4 is 0 Å². The second-order valence-corrected chi connectivity index (χ2v) is 5.26. The maximum Gasteiger partial charge on any atom is 0.117 e. The summed E-state index contributed by atoms with van der Waals surface area (Å²) in [6.45, 7) is 8.09. The van der Waals surface area contributed by atoms with E-state index >= 15 is 0 Å². The molecule has 0 aromatic heterocycles. The van der Waals surface area contributed by atoms with E-state index < -0.39 is 6.17 Å². The van der Waals surface area contributed by atoms with E-state index in [0.717, 1.165) is 13.0 Å². The van der Waals surface area contributed by atoms with Crippen molar-refractivity contribution in [3.05, 3.63) is 0 Å². The highest BCUT2D eigenvalue weighted by Crippen LogP contribution is 2.31. The van der Waals surface area contributed by atoms with Crippen LogP contribution in [0.5, 0.6) is 0 Å². The second kappa shape index (κ2) is 3.33. The number of alkyl halides is 1. The fourth-order valence-corrected chi connectivity index (χ4v) is 2.02. The van der Waals surface area contributed by atoms with Crippen molar-refractivity contribution in [1.82, 2.24) is 4.90 Å². The Morgan fingerprint density at radius 1 is 1.33 bits per heavy atom. The van der Waals surface area contributed by atoms with Gasteiger partial charge in [0.2, 0.25) is 0 Å². The summed E-state index contributed by atoms with van der Waals surface area (Å²) in [7, 11) is 2.00. The van der Waals surface area contributed by atoms with Crippen LogP contribution in [0, 0.1) is 11.3 Å². The first kappa shape index (κ1) is 9.97.